The molecule has 26 heavy (non-hydrogen) atoms. The second-order valence-corrected chi connectivity index (χ2v) is 7.20. The Morgan fingerprint density at radius 2 is 2.00 bits per heavy atom. The van der Waals surface area contributed by atoms with Gasteiger partial charge < -0.3 is 4.74 Å². The molecule has 2 aromatic carbocycles. The van der Waals surface area contributed by atoms with E-state index in [9.17, 15) is 9.18 Å². The molecule has 0 atom stereocenters. The van der Waals surface area contributed by atoms with Crippen LogP contribution in [0.25, 0.3) is 10.8 Å². The first-order valence-corrected chi connectivity index (χ1v) is 9.46. The van der Waals surface area contributed by atoms with Crippen LogP contribution in [-0.2, 0) is 4.79 Å². The molecule has 3 rings (SSSR count). The van der Waals surface area contributed by atoms with Gasteiger partial charge in [0.2, 0.25) is 0 Å². The standard InChI is InChI=1S/C22H24FNO2/c1-2-3-4-15-5-7-16(8-6-15)22(25)26-19-11-12-20-17(13-19)9-10-18(14-24)21(20)23/h9-13,15-16H,2-8H2,1H3. The molecule has 0 aromatic heterocycles. The molecule has 1 aliphatic rings. The number of carbonyl (C=O) groups is 1. The number of unbranched alkanes of at least 4 members (excludes halogenated alkanes) is 1. The van der Waals surface area contributed by atoms with E-state index < -0.39 is 5.82 Å². The van der Waals surface area contributed by atoms with Crippen LogP contribution in [0, 0.1) is 29.0 Å². The van der Waals surface area contributed by atoms with Crippen molar-refractivity contribution in [1.82, 2.24) is 0 Å². The smallest absolute Gasteiger partial charge is 0.314 e. The maximum atomic E-state index is 14.1. The van der Waals surface area contributed by atoms with Gasteiger partial charge in [-0.2, -0.15) is 5.26 Å². The van der Waals surface area contributed by atoms with E-state index in [0.717, 1.165) is 31.6 Å². The van der Waals surface area contributed by atoms with Gasteiger partial charge in [0, 0.05) is 5.39 Å². The summed E-state index contributed by atoms with van der Waals surface area (Å²) in [5.74, 6) is 0.415. The number of nitrogens with zero attached hydrogens (tertiary/aromatic N) is 1. The van der Waals surface area contributed by atoms with Crippen LogP contribution in [0.15, 0.2) is 30.3 Å². The largest absolute Gasteiger partial charge is 0.426 e. The third kappa shape index (κ3) is 4.04. The fourth-order valence-electron chi connectivity index (χ4n) is 3.80. The van der Waals surface area contributed by atoms with Crippen LogP contribution in [0.3, 0.4) is 0 Å². The van der Waals surface area contributed by atoms with Gasteiger partial charge >= 0.3 is 5.97 Å². The van der Waals surface area contributed by atoms with Crippen LogP contribution in [0.5, 0.6) is 5.75 Å². The lowest BCUT2D eigenvalue weighted by Crippen LogP contribution is -2.25. The summed E-state index contributed by atoms with van der Waals surface area (Å²) in [6, 6.07) is 9.77. The van der Waals surface area contributed by atoms with Crippen molar-refractivity contribution < 1.29 is 13.9 Å². The average molecular weight is 353 g/mol. The Bertz CT molecular complexity index is 832. The number of esters is 1. The van der Waals surface area contributed by atoms with Gasteiger partial charge in [-0.15, -0.1) is 0 Å². The zero-order valence-corrected chi connectivity index (χ0v) is 15.1. The summed E-state index contributed by atoms with van der Waals surface area (Å²) in [7, 11) is 0. The van der Waals surface area contributed by atoms with Crippen LogP contribution in [0.1, 0.15) is 57.4 Å². The Labute approximate surface area is 153 Å². The molecule has 0 amide bonds. The van der Waals surface area contributed by atoms with Crippen LogP contribution in [0.2, 0.25) is 0 Å². The second-order valence-electron chi connectivity index (χ2n) is 7.20. The Kier molecular flexibility index (Phi) is 5.88. The quantitative estimate of drug-likeness (QED) is 0.508. The molecule has 1 aliphatic carbocycles. The molecule has 0 bridgehead atoms. The van der Waals surface area contributed by atoms with Crippen molar-refractivity contribution in [1.29, 1.82) is 5.26 Å². The summed E-state index contributed by atoms with van der Waals surface area (Å²) in [4.78, 5) is 12.5. The van der Waals surface area contributed by atoms with Crippen LogP contribution >= 0.6 is 0 Å². The predicted molar refractivity (Wildman–Crippen MR) is 99.2 cm³/mol. The second kappa shape index (κ2) is 8.31. The number of carbonyl (C=O) groups excluding carboxylic acids is 1. The van der Waals surface area contributed by atoms with E-state index in [0.29, 0.717) is 16.5 Å². The topological polar surface area (TPSA) is 50.1 Å². The van der Waals surface area contributed by atoms with Crippen molar-refractivity contribution >= 4 is 16.7 Å². The molecule has 0 aliphatic heterocycles. The van der Waals surface area contributed by atoms with Crippen LogP contribution in [-0.4, -0.2) is 5.97 Å². The molecule has 0 unspecified atom stereocenters. The first-order chi connectivity index (χ1) is 12.6. The van der Waals surface area contributed by atoms with E-state index in [1.54, 1.807) is 24.3 Å². The number of nitriles is 1. The number of benzene rings is 2. The van der Waals surface area contributed by atoms with E-state index in [1.807, 2.05) is 6.07 Å². The molecular formula is C22H24FNO2. The Morgan fingerprint density at radius 3 is 2.69 bits per heavy atom. The van der Waals surface area contributed by atoms with Crippen molar-refractivity contribution in [3.63, 3.8) is 0 Å². The molecule has 0 radical (unpaired) electrons. The molecule has 136 valence electrons. The van der Waals surface area contributed by atoms with Gasteiger partial charge in [0.05, 0.1) is 11.5 Å². The van der Waals surface area contributed by atoms with Crippen LogP contribution in [0.4, 0.5) is 4.39 Å². The minimum atomic E-state index is -0.534. The lowest BCUT2D eigenvalue weighted by molar-refractivity contribution is -0.140. The highest BCUT2D eigenvalue weighted by Gasteiger charge is 2.27. The average Bonchev–Trinajstić information content (AvgIpc) is 2.67. The zero-order valence-electron chi connectivity index (χ0n) is 15.1. The van der Waals surface area contributed by atoms with Gasteiger partial charge in [0.25, 0.3) is 0 Å². The number of hydrogen-bond acceptors (Lipinski definition) is 3. The maximum absolute atomic E-state index is 14.1. The fraction of sp³-hybridized carbons (Fsp3) is 0.455. The molecular weight excluding hydrogens is 329 g/mol. The molecule has 1 saturated carbocycles. The summed E-state index contributed by atoms with van der Waals surface area (Å²) in [5, 5.41) is 9.88. The SMILES string of the molecule is CCCCC1CCC(C(=O)Oc2ccc3c(F)c(C#N)ccc3c2)CC1. The summed E-state index contributed by atoms with van der Waals surface area (Å²) >= 11 is 0. The van der Waals surface area contributed by atoms with E-state index in [-0.39, 0.29) is 17.5 Å². The first-order valence-electron chi connectivity index (χ1n) is 9.46. The molecule has 2 aromatic rings. The summed E-state index contributed by atoms with van der Waals surface area (Å²) < 4.78 is 19.7. The molecule has 0 N–H and O–H groups in total. The molecule has 0 spiro atoms. The molecule has 4 heteroatoms. The summed E-state index contributed by atoms with van der Waals surface area (Å²) in [5.41, 5.74) is 0.0158. The molecule has 3 nitrogen and oxygen atoms in total. The number of fused-ring (bicyclic) bond motifs is 1. The van der Waals surface area contributed by atoms with Crippen molar-refractivity contribution in [2.24, 2.45) is 11.8 Å². The number of hydrogen-bond donors (Lipinski definition) is 0. The Balaban J connectivity index is 1.64. The fourth-order valence-corrected chi connectivity index (χ4v) is 3.80. The van der Waals surface area contributed by atoms with Gasteiger partial charge in [-0.3, -0.25) is 4.79 Å². The zero-order chi connectivity index (χ0) is 18.5. The molecule has 0 heterocycles. The minimum absolute atomic E-state index is 0.0158. The monoisotopic (exact) mass is 353 g/mol. The molecule has 1 fully saturated rings. The van der Waals surface area contributed by atoms with Crippen molar-refractivity contribution in [3.8, 4) is 11.8 Å². The van der Waals surface area contributed by atoms with Gasteiger partial charge in [0.1, 0.15) is 17.6 Å². The normalized spacial score (nSPS) is 19.9. The van der Waals surface area contributed by atoms with Gasteiger partial charge in [-0.05, 0) is 61.3 Å². The highest BCUT2D eigenvalue weighted by Crippen LogP contribution is 2.33. The van der Waals surface area contributed by atoms with Gasteiger partial charge in [-0.1, -0.05) is 32.3 Å². The summed E-state index contributed by atoms with van der Waals surface area (Å²) in [6.07, 6.45) is 7.72. The van der Waals surface area contributed by atoms with Gasteiger partial charge in [-0.25, -0.2) is 4.39 Å². The minimum Gasteiger partial charge on any atom is -0.426 e. The van der Waals surface area contributed by atoms with Gasteiger partial charge in [0.15, 0.2) is 0 Å². The Morgan fingerprint density at radius 1 is 1.23 bits per heavy atom. The van der Waals surface area contributed by atoms with Crippen LogP contribution < -0.4 is 4.74 Å². The third-order valence-corrected chi connectivity index (χ3v) is 5.41. The van der Waals surface area contributed by atoms with E-state index in [2.05, 4.69) is 6.92 Å². The number of halogens is 1. The van der Waals surface area contributed by atoms with E-state index >= 15 is 0 Å². The van der Waals surface area contributed by atoms with E-state index in [4.69, 9.17) is 10.00 Å². The molecule has 0 saturated heterocycles. The van der Waals surface area contributed by atoms with E-state index in [1.165, 1.54) is 25.3 Å². The Hall–Kier alpha value is -2.41. The maximum Gasteiger partial charge on any atom is 0.314 e. The third-order valence-electron chi connectivity index (χ3n) is 5.41. The highest BCUT2D eigenvalue weighted by atomic mass is 19.1. The lowest BCUT2D eigenvalue weighted by atomic mass is 9.80. The lowest BCUT2D eigenvalue weighted by Gasteiger charge is -2.27. The number of rotatable bonds is 5. The van der Waals surface area contributed by atoms with Crippen molar-refractivity contribution in [2.75, 3.05) is 0 Å². The highest BCUT2D eigenvalue weighted by molar-refractivity contribution is 5.86. The van der Waals surface area contributed by atoms with Crippen molar-refractivity contribution in [3.05, 3.63) is 41.7 Å². The first kappa shape index (κ1) is 18.4. The predicted octanol–water partition coefficient (Wildman–Crippen LogP) is 5.75. The van der Waals surface area contributed by atoms with Crippen molar-refractivity contribution in [2.45, 2.75) is 51.9 Å². The number of ether oxygens (including phenoxy) is 1. The summed E-state index contributed by atoms with van der Waals surface area (Å²) in [6.45, 7) is 2.21.